The van der Waals surface area contributed by atoms with E-state index in [2.05, 4.69) is 20.2 Å². The highest BCUT2D eigenvalue weighted by atomic mass is 19.1. The number of fused-ring (bicyclic) bond motifs is 4. The van der Waals surface area contributed by atoms with Crippen molar-refractivity contribution in [2.45, 2.75) is 18.9 Å². The van der Waals surface area contributed by atoms with Crippen molar-refractivity contribution in [3.8, 4) is 11.1 Å². The van der Waals surface area contributed by atoms with Crippen LogP contribution in [0.5, 0.6) is 0 Å². The van der Waals surface area contributed by atoms with Gasteiger partial charge >= 0.3 is 0 Å². The van der Waals surface area contributed by atoms with Crippen molar-refractivity contribution in [2.24, 2.45) is 0 Å². The normalized spacial score (nSPS) is 16.6. The lowest BCUT2D eigenvalue weighted by molar-refractivity contribution is 0.113. The Morgan fingerprint density at radius 3 is 2.90 bits per heavy atom. The molecule has 4 N–H and O–H groups in total. The predicted octanol–water partition coefficient (Wildman–Crippen LogP) is 4.19. The Balaban J connectivity index is 1.80. The van der Waals surface area contributed by atoms with Gasteiger partial charge in [-0.2, -0.15) is 5.10 Å². The average molecular weight is 415 g/mol. The van der Waals surface area contributed by atoms with E-state index in [1.54, 1.807) is 18.5 Å². The van der Waals surface area contributed by atoms with E-state index in [1.807, 2.05) is 18.2 Å². The summed E-state index contributed by atoms with van der Waals surface area (Å²) in [4.78, 5) is 20.3. The lowest BCUT2D eigenvalue weighted by Gasteiger charge is -2.17. The average Bonchev–Trinajstić information content (AvgIpc) is 3.48. The monoisotopic (exact) mass is 415 g/mol. The second-order valence-corrected chi connectivity index (χ2v) is 7.79. The number of benzene rings is 2. The minimum atomic E-state index is -0.418. The SMILES string of the molecule is Nc1c(-c2ccc(F)c3[nH]ncc23)c2cc(C3CCCO3)c3ncccc3c2[nH]c1=O. The van der Waals surface area contributed by atoms with Gasteiger partial charge in [0.15, 0.2) is 0 Å². The smallest absolute Gasteiger partial charge is 0.272 e. The Morgan fingerprint density at radius 1 is 1.16 bits per heavy atom. The molecule has 0 saturated carbocycles. The van der Waals surface area contributed by atoms with Crippen LogP contribution in [0.2, 0.25) is 0 Å². The summed E-state index contributed by atoms with van der Waals surface area (Å²) in [7, 11) is 0. The molecular weight excluding hydrogens is 397 g/mol. The number of nitrogens with zero attached hydrogens (tertiary/aromatic N) is 2. The summed E-state index contributed by atoms with van der Waals surface area (Å²) in [6.45, 7) is 0.700. The second kappa shape index (κ2) is 6.61. The lowest BCUT2D eigenvalue weighted by atomic mass is 9.92. The summed E-state index contributed by atoms with van der Waals surface area (Å²) >= 11 is 0. The standard InChI is InChI=1S/C23H18FN5O2/c24-16-6-5-11(15-10-27-29-22(15)16)18-14-9-13(17-4-2-8-31-17)20-12(3-1-7-26-20)21(14)28-23(30)19(18)25/h1,3,5-7,9-10,17H,2,4,8,25H2,(H,27,29)(H,28,30). The van der Waals surface area contributed by atoms with Gasteiger partial charge in [-0.1, -0.05) is 6.07 Å². The zero-order chi connectivity index (χ0) is 21.1. The Hall–Kier alpha value is -3.78. The summed E-state index contributed by atoms with van der Waals surface area (Å²) < 4.78 is 20.3. The summed E-state index contributed by atoms with van der Waals surface area (Å²) in [5, 5.41) is 8.81. The van der Waals surface area contributed by atoms with E-state index in [-0.39, 0.29) is 17.3 Å². The maximum Gasteiger partial charge on any atom is 0.272 e. The lowest BCUT2D eigenvalue weighted by Crippen LogP contribution is -2.14. The summed E-state index contributed by atoms with van der Waals surface area (Å²) in [5.74, 6) is -0.418. The van der Waals surface area contributed by atoms with E-state index in [0.717, 1.165) is 34.7 Å². The zero-order valence-electron chi connectivity index (χ0n) is 16.4. The Bertz CT molecular complexity index is 1550. The molecule has 1 aliphatic rings. The van der Waals surface area contributed by atoms with E-state index in [9.17, 15) is 9.18 Å². The number of anilines is 1. The van der Waals surface area contributed by atoms with Crippen molar-refractivity contribution in [3.05, 3.63) is 64.5 Å². The van der Waals surface area contributed by atoms with Gasteiger partial charge in [-0.05, 0) is 42.7 Å². The summed E-state index contributed by atoms with van der Waals surface area (Å²) in [6, 6.07) is 8.75. The Labute approximate surface area is 175 Å². The van der Waals surface area contributed by atoms with E-state index in [1.165, 1.54) is 6.07 Å². The van der Waals surface area contributed by atoms with Gasteiger partial charge in [0.1, 0.15) is 17.0 Å². The molecule has 1 atom stereocenters. The van der Waals surface area contributed by atoms with Gasteiger partial charge in [0.2, 0.25) is 0 Å². The molecule has 4 heterocycles. The highest BCUT2D eigenvalue weighted by Gasteiger charge is 2.25. The first-order valence-corrected chi connectivity index (χ1v) is 10.1. The number of aromatic nitrogens is 4. The Kier molecular flexibility index (Phi) is 3.85. The van der Waals surface area contributed by atoms with E-state index in [4.69, 9.17) is 10.5 Å². The number of nitrogen functional groups attached to an aromatic ring is 1. The van der Waals surface area contributed by atoms with Crippen LogP contribution >= 0.6 is 0 Å². The molecule has 5 aromatic rings. The first-order valence-electron chi connectivity index (χ1n) is 10.1. The van der Waals surface area contributed by atoms with Gasteiger partial charge in [0.05, 0.1) is 23.3 Å². The van der Waals surface area contributed by atoms with Crippen molar-refractivity contribution in [1.29, 1.82) is 0 Å². The molecule has 154 valence electrons. The number of hydrogen-bond donors (Lipinski definition) is 3. The molecule has 0 aliphatic carbocycles. The molecule has 3 aromatic heterocycles. The van der Waals surface area contributed by atoms with Crippen LogP contribution in [0.15, 0.2) is 47.5 Å². The third kappa shape index (κ3) is 2.58. The van der Waals surface area contributed by atoms with E-state index in [0.29, 0.717) is 28.6 Å². The zero-order valence-corrected chi connectivity index (χ0v) is 16.4. The van der Waals surface area contributed by atoms with Crippen LogP contribution in [0.3, 0.4) is 0 Å². The van der Waals surface area contributed by atoms with Gasteiger partial charge in [-0.3, -0.25) is 14.9 Å². The van der Waals surface area contributed by atoms with Crippen molar-refractivity contribution in [3.63, 3.8) is 0 Å². The number of halogens is 1. The highest BCUT2D eigenvalue weighted by Crippen LogP contribution is 2.41. The molecule has 1 saturated heterocycles. The maximum absolute atomic E-state index is 14.3. The minimum absolute atomic E-state index is 0.0724. The van der Waals surface area contributed by atoms with E-state index < -0.39 is 11.4 Å². The Morgan fingerprint density at radius 2 is 2.06 bits per heavy atom. The molecule has 31 heavy (non-hydrogen) atoms. The molecule has 7 nitrogen and oxygen atoms in total. The van der Waals surface area contributed by atoms with Crippen LogP contribution in [0.25, 0.3) is 43.8 Å². The van der Waals surface area contributed by atoms with Crippen LogP contribution in [-0.2, 0) is 4.74 Å². The fourth-order valence-corrected chi connectivity index (χ4v) is 4.63. The molecule has 0 radical (unpaired) electrons. The third-order valence-electron chi connectivity index (χ3n) is 6.05. The van der Waals surface area contributed by atoms with Gasteiger partial charge in [0, 0.05) is 40.1 Å². The van der Waals surface area contributed by atoms with Crippen molar-refractivity contribution in [1.82, 2.24) is 20.2 Å². The van der Waals surface area contributed by atoms with Crippen molar-refractivity contribution in [2.75, 3.05) is 12.3 Å². The fourth-order valence-electron chi connectivity index (χ4n) is 4.63. The first kappa shape index (κ1) is 18.0. The van der Waals surface area contributed by atoms with Gasteiger partial charge < -0.3 is 15.5 Å². The molecule has 0 bridgehead atoms. The number of ether oxygens (including phenoxy) is 1. The summed E-state index contributed by atoms with van der Waals surface area (Å²) in [5.41, 5.74) is 9.83. The molecule has 2 aromatic carbocycles. The van der Waals surface area contributed by atoms with Crippen LogP contribution < -0.4 is 11.3 Å². The highest BCUT2D eigenvalue weighted by molar-refractivity contribution is 6.15. The van der Waals surface area contributed by atoms with Crippen LogP contribution in [0.1, 0.15) is 24.5 Å². The number of rotatable bonds is 2. The molecule has 0 spiro atoms. The van der Waals surface area contributed by atoms with Gasteiger partial charge in [-0.15, -0.1) is 0 Å². The number of H-pyrrole nitrogens is 2. The van der Waals surface area contributed by atoms with Crippen LogP contribution in [0.4, 0.5) is 10.1 Å². The quantitative estimate of drug-likeness (QED) is 0.375. The maximum atomic E-state index is 14.3. The molecular formula is C23H18FN5O2. The number of nitrogens with one attached hydrogen (secondary N) is 2. The van der Waals surface area contributed by atoms with Crippen molar-refractivity contribution >= 4 is 38.4 Å². The van der Waals surface area contributed by atoms with Crippen molar-refractivity contribution < 1.29 is 9.13 Å². The largest absolute Gasteiger partial charge is 0.394 e. The fraction of sp³-hybridized carbons (Fsp3) is 0.174. The molecule has 0 amide bonds. The van der Waals surface area contributed by atoms with Crippen LogP contribution in [0, 0.1) is 5.82 Å². The van der Waals surface area contributed by atoms with E-state index >= 15 is 0 Å². The number of hydrogen-bond acceptors (Lipinski definition) is 5. The number of nitrogens with two attached hydrogens (primary N) is 1. The molecule has 6 rings (SSSR count). The molecule has 8 heteroatoms. The minimum Gasteiger partial charge on any atom is -0.394 e. The van der Waals surface area contributed by atoms with Gasteiger partial charge in [0.25, 0.3) is 5.56 Å². The third-order valence-corrected chi connectivity index (χ3v) is 6.05. The number of aromatic amines is 2. The number of pyridine rings is 2. The van der Waals surface area contributed by atoms with Gasteiger partial charge in [-0.25, -0.2) is 4.39 Å². The molecule has 1 aliphatic heterocycles. The first-order chi connectivity index (χ1) is 15.1. The second-order valence-electron chi connectivity index (χ2n) is 7.79. The predicted molar refractivity (Wildman–Crippen MR) is 117 cm³/mol. The summed E-state index contributed by atoms with van der Waals surface area (Å²) in [6.07, 6.45) is 5.07. The van der Waals surface area contributed by atoms with Crippen LogP contribution in [-0.4, -0.2) is 26.8 Å². The topological polar surface area (TPSA) is 110 Å². The molecule has 1 unspecified atom stereocenters. The molecule has 1 fully saturated rings.